The number of hydrogen-bond acceptors (Lipinski definition) is 6. The number of hydrogen-bond donors (Lipinski definition) is 0. The number of tetrazole rings is 1. The first-order valence-electron chi connectivity index (χ1n) is 11.4. The molecule has 1 saturated carbocycles. The van der Waals surface area contributed by atoms with Gasteiger partial charge in [-0.15, -0.1) is 5.10 Å². The Morgan fingerprint density at radius 1 is 0.969 bits per heavy atom. The highest BCUT2D eigenvalue weighted by Crippen LogP contribution is 2.36. The summed E-state index contributed by atoms with van der Waals surface area (Å²) < 4.78 is 22.5. The zero-order chi connectivity index (χ0) is 21.9. The summed E-state index contributed by atoms with van der Waals surface area (Å²) in [6.07, 6.45) is 4.52. The average molecular weight is 437 g/mol. The van der Waals surface area contributed by atoms with Crippen LogP contribution in [-0.4, -0.2) is 58.4 Å². The molecule has 1 aliphatic carbocycles. The molecule has 32 heavy (non-hydrogen) atoms. The summed E-state index contributed by atoms with van der Waals surface area (Å²) in [6, 6.07) is 15.1. The molecule has 0 amide bonds. The number of aromatic nitrogens is 4. The molecule has 1 saturated heterocycles. The van der Waals surface area contributed by atoms with Crippen molar-refractivity contribution in [2.75, 3.05) is 38.2 Å². The Balaban J connectivity index is 1.44. The number of rotatable bonds is 6. The van der Waals surface area contributed by atoms with Gasteiger partial charge in [0, 0.05) is 31.7 Å². The fraction of sp³-hybridized carbons (Fsp3) is 0.458. The van der Waals surface area contributed by atoms with Gasteiger partial charge in [-0.25, -0.2) is 9.07 Å². The van der Waals surface area contributed by atoms with Crippen molar-refractivity contribution in [2.45, 2.75) is 37.8 Å². The number of benzene rings is 2. The molecular formula is C24H29FN6O. The van der Waals surface area contributed by atoms with E-state index in [4.69, 9.17) is 4.74 Å². The van der Waals surface area contributed by atoms with Crippen molar-refractivity contribution in [3.8, 4) is 5.75 Å². The van der Waals surface area contributed by atoms with E-state index in [1.54, 1.807) is 13.2 Å². The monoisotopic (exact) mass is 436 g/mol. The lowest BCUT2D eigenvalue weighted by Crippen LogP contribution is -2.48. The summed E-state index contributed by atoms with van der Waals surface area (Å²) in [5.74, 6) is 1.40. The number of ether oxygens (including phenoxy) is 1. The fourth-order valence-corrected chi connectivity index (χ4v) is 5.10. The van der Waals surface area contributed by atoms with E-state index in [1.165, 1.54) is 18.9 Å². The highest BCUT2D eigenvalue weighted by molar-refractivity contribution is 5.58. The number of methoxy groups -OCH3 is 1. The van der Waals surface area contributed by atoms with Gasteiger partial charge in [0.1, 0.15) is 17.6 Å². The van der Waals surface area contributed by atoms with E-state index < -0.39 is 0 Å². The second-order valence-corrected chi connectivity index (χ2v) is 8.54. The molecule has 1 aromatic heterocycles. The van der Waals surface area contributed by atoms with Crippen LogP contribution in [0.5, 0.6) is 5.75 Å². The fourth-order valence-electron chi connectivity index (χ4n) is 5.10. The van der Waals surface area contributed by atoms with Crippen molar-refractivity contribution in [3.05, 3.63) is 65.7 Å². The molecule has 3 aromatic rings. The molecule has 8 heteroatoms. The molecule has 7 nitrogen and oxygen atoms in total. The molecule has 168 valence electrons. The van der Waals surface area contributed by atoms with Crippen molar-refractivity contribution in [1.29, 1.82) is 0 Å². The molecule has 0 bridgehead atoms. The van der Waals surface area contributed by atoms with Gasteiger partial charge in [0.15, 0.2) is 5.82 Å². The summed E-state index contributed by atoms with van der Waals surface area (Å²) in [5.41, 5.74) is 1.72. The number of anilines is 1. The standard InChI is InChI=1S/C24H29FN6O/c1-32-22-13-7-6-12-21(22)29-14-16-30(17-15-29)23(19-10-4-5-11-20(19)25)24-26-27-28-31(24)18-8-2-3-9-18/h4-7,10-13,18,23H,2-3,8-9,14-17H2,1H3/t23-/m0/s1. The molecule has 0 N–H and O–H groups in total. The summed E-state index contributed by atoms with van der Waals surface area (Å²) in [4.78, 5) is 4.63. The molecule has 0 radical (unpaired) electrons. The quantitative estimate of drug-likeness (QED) is 0.585. The van der Waals surface area contributed by atoms with E-state index in [-0.39, 0.29) is 11.9 Å². The third-order valence-corrected chi connectivity index (χ3v) is 6.74. The molecule has 1 atom stereocenters. The van der Waals surface area contributed by atoms with Crippen LogP contribution in [0, 0.1) is 5.82 Å². The Morgan fingerprint density at radius 2 is 1.69 bits per heavy atom. The van der Waals surface area contributed by atoms with Crippen LogP contribution in [-0.2, 0) is 0 Å². The zero-order valence-corrected chi connectivity index (χ0v) is 18.4. The minimum atomic E-state index is -0.313. The summed E-state index contributed by atoms with van der Waals surface area (Å²) in [7, 11) is 1.70. The first-order valence-corrected chi connectivity index (χ1v) is 11.4. The van der Waals surface area contributed by atoms with Gasteiger partial charge in [0.2, 0.25) is 0 Å². The topological polar surface area (TPSA) is 59.3 Å². The van der Waals surface area contributed by atoms with Crippen LogP contribution in [0.25, 0.3) is 0 Å². The van der Waals surface area contributed by atoms with E-state index in [9.17, 15) is 0 Å². The number of halogens is 1. The van der Waals surface area contributed by atoms with E-state index >= 15 is 4.39 Å². The predicted molar refractivity (Wildman–Crippen MR) is 120 cm³/mol. The smallest absolute Gasteiger partial charge is 0.173 e. The molecule has 2 heterocycles. The van der Waals surface area contributed by atoms with Gasteiger partial charge in [0.05, 0.1) is 18.8 Å². The first-order chi connectivity index (χ1) is 15.8. The van der Waals surface area contributed by atoms with Crippen LogP contribution in [0.4, 0.5) is 10.1 Å². The van der Waals surface area contributed by atoms with Crippen molar-refractivity contribution >= 4 is 5.69 Å². The van der Waals surface area contributed by atoms with Crippen LogP contribution >= 0.6 is 0 Å². The molecule has 5 rings (SSSR count). The largest absolute Gasteiger partial charge is 0.495 e. The van der Waals surface area contributed by atoms with Gasteiger partial charge in [-0.2, -0.15) is 0 Å². The van der Waals surface area contributed by atoms with Crippen molar-refractivity contribution < 1.29 is 9.13 Å². The van der Waals surface area contributed by atoms with Gasteiger partial charge >= 0.3 is 0 Å². The summed E-state index contributed by atoms with van der Waals surface area (Å²) >= 11 is 0. The molecule has 0 unspecified atom stereocenters. The van der Waals surface area contributed by atoms with Crippen LogP contribution in [0.1, 0.15) is 49.2 Å². The minimum absolute atomic E-state index is 0.217. The Labute approximate surface area is 187 Å². The normalized spacial score (nSPS) is 18.8. The molecule has 2 aliphatic rings. The Morgan fingerprint density at radius 3 is 2.44 bits per heavy atom. The zero-order valence-electron chi connectivity index (χ0n) is 18.4. The third kappa shape index (κ3) is 3.95. The summed E-state index contributed by atoms with van der Waals surface area (Å²) in [6.45, 7) is 3.18. The lowest BCUT2D eigenvalue weighted by molar-refractivity contribution is 0.194. The second-order valence-electron chi connectivity index (χ2n) is 8.54. The minimum Gasteiger partial charge on any atom is -0.495 e. The maximum absolute atomic E-state index is 15.0. The lowest BCUT2D eigenvalue weighted by atomic mass is 10.0. The van der Waals surface area contributed by atoms with Gasteiger partial charge in [0.25, 0.3) is 0 Å². The number of piperazine rings is 1. The number of nitrogens with zero attached hydrogens (tertiary/aromatic N) is 6. The molecule has 1 aliphatic heterocycles. The molecule has 2 fully saturated rings. The molecule has 2 aromatic carbocycles. The lowest BCUT2D eigenvalue weighted by Gasteiger charge is -2.40. The van der Waals surface area contributed by atoms with Crippen molar-refractivity contribution in [3.63, 3.8) is 0 Å². The summed E-state index contributed by atoms with van der Waals surface area (Å²) in [5, 5.41) is 12.8. The second kappa shape index (κ2) is 9.24. The van der Waals surface area contributed by atoms with E-state index in [1.807, 2.05) is 35.0 Å². The number of para-hydroxylation sites is 2. The van der Waals surface area contributed by atoms with Crippen LogP contribution in [0.15, 0.2) is 48.5 Å². The van der Waals surface area contributed by atoms with Crippen molar-refractivity contribution in [1.82, 2.24) is 25.1 Å². The van der Waals surface area contributed by atoms with E-state index in [2.05, 4.69) is 31.4 Å². The van der Waals surface area contributed by atoms with Gasteiger partial charge in [-0.1, -0.05) is 43.2 Å². The van der Waals surface area contributed by atoms with Gasteiger partial charge in [-0.3, -0.25) is 4.90 Å². The van der Waals surface area contributed by atoms with E-state index in [0.29, 0.717) is 11.6 Å². The third-order valence-electron chi connectivity index (χ3n) is 6.74. The van der Waals surface area contributed by atoms with Crippen LogP contribution in [0.2, 0.25) is 0 Å². The van der Waals surface area contributed by atoms with Crippen LogP contribution < -0.4 is 9.64 Å². The average Bonchev–Trinajstić information content (AvgIpc) is 3.53. The molecule has 0 spiro atoms. The Hall–Kier alpha value is -3.00. The van der Waals surface area contributed by atoms with E-state index in [0.717, 1.165) is 56.3 Å². The maximum atomic E-state index is 15.0. The Kier molecular flexibility index (Phi) is 6.03. The predicted octanol–water partition coefficient (Wildman–Crippen LogP) is 3.85. The van der Waals surface area contributed by atoms with Crippen LogP contribution in [0.3, 0.4) is 0 Å². The van der Waals surface area contributed by atoms with Crippen molar-refractivity contribution in [2.24, 2.45) is 0 Å². The maximum Gasteiger partial charge on any atom is 0.173 e. The first kappa shape index (κ1) is 20.9. The Bertz CT molecular complexity index is 1040. The molecular weight excluding hydrogens is 407 g/mol. The highest BCUT2D eigenvalue weighted by Gasteiger charge is 2.34. The van der Waals surface area contributed by atoms with Gasteiger partial charge < -0.3 is 9.64 Å². The highest BCUT2D eigenvalue weighted by atomic mass is 19.1. The van der Waals surface area contributed by atoms with Gasteiger partial charge in [-0.05, 0) is 41.5 Å². The SMILES string of the molecule is COc1ccccc1N1CCN([C@@H](c2ccccc2F)c2nnnn2C2CCCC2)CC1.